The van der Waals surface area contributed by atoms with Gasteiger partial charge in [0.1, 0.15) is 0 Å². The van der Waals surface area contributed by atoms with Crippen molar-refractivity contribution in [3.63, 3.8) is 0 Å². The molecule has 0 fully saturated rings. The maximum Gasteiger partial charge on any atom is -0.0533 e. The number of hydrogen-bond acceptors (Lipinski definition) is 0. The molecule has 0 spiro atoms. The Morgan fingerprint density at radius 1 is 0.385 bits per heavy atom. The van der Waals surface area contributed by atoms with Crippen molar-refractivity contribution < 1.29 is 0 Å². The van der Waals surface area contributed by atoms with E-state index in [1.54, 1.807) is 0 Å². The smallest absolute Gasteiger partial charge is 0.0533 e. The van der Waals surface area contributed by atoms with Crippen LogP contribution >= 0.6 is 0 Å². The van der Waals surface area contributed by atoms with Gasteiger partial charge in [-0.1, -0.05) is 57.8 Å². The van der Waals surface area contributed by atoms with Gasteiger partial charge >= 0.3 is 0 Å². The first-order valence-corrected chi connectivity index (χ1v) is 6.00. The predicted molar refractivity (Wildman–Crippen MR) is 61.5 cm³/mol. The fraction of sp³-hybridized carbons (Fsp3) is 0.846. The maximum atomic E-state index is 3.85. The molecule has 0 heteroatoms. The van der Waals surface area contributed by atoms with E-state index in [2.05, 4.69) is 13.8 Å². The van der Waals surface area contributed by atoms with Crippen molar-refractivity contribution in [1.29, 1.82) is 0 Å². The van der Waals surface area contributed by atoms with Gasteiger partial charge in [-0.25, -0.2) is 0 Å². The molecule has 13 heavy (non-hydrogen) atoms. The molecule has 0 amide bonds. The van der Waals surface area contributed by atoms with Crippen molar-refractivity contribution in [3.8, 4) is 0 Å². The maximum absolute atomic E-state index is 3.85. The molecule has 0 bridgehead atoms. The van der Waals surface area contributed by atoms with Gasteiger partial charge < -0.3 is 13.8 Å². The van der Waals surface area contributed by atoms with E-state index in [0.29, 0.717) is 0 Å². The van der Waals surface area contributed by atoms with E-state index in [-0.39, 0.29) is 0 Å². The standard InChI is InChI=1S/C13H26/c1-3-5-7-9-11-13-12-10-8-6-4-2/h1-13H2/q-2. The van der Waals surface area contributed by atoms with Crippen LogP contribution < -0.4 is 0 Å². The van der Waals surface area contributed by atoms with Crippen molar-refractivity contribution in [2.75, 3.05) is 0 Å². The van der Waals surface area contributed by atoms with Crippen LogP contribution in [0.3, 0.4) is 0 Å². The summed E-state index contributed by atoms with van der Waals surface area (Å²) in [6, 6.07) is 0. The Morgan fingerprint density at radius 3 is 0.846 bits per heavy atom. The molecule has 0 radical (unpaired) electrons. The lowest BCUT2D eigenvalue weighted by molar-refractivity contribution is 0.561. The highest BCUT2D eigenvalue weighted by Crippen LogP contribution is 2.10. The van der Waals surface area contributed by atoms with E-state index >= 15 is 0 Å². The minimum Gasteiger partial charge on any atom is -0.343 e. The van der Waals surface area contributed by atoms with Crippen molar-refractivity contribution >= 4 is 0 Å². The van der Waals surface area contributed by atoms with E-state index < -0.39 is 0 Å². The molecular weight excluding hydrogens is 156 g/mol. The van der Waals surface area contributed by atoms with E-state index in [9.17, 15) is 0 Å². The van der Waals surface area contributed by atoms with Crippen LogP contribution in [0.5, 0.6) is 0 Å². The zero-order valence-electron chi connectivity index (χ0n) is 9.19. The number of hydrogen-bond donors (Lipinski definition) is 0. The molecule has 0 heterocycles. The third-order valence-corrected chi connectivity index (χ3v) is 2.50. The Balaban J connectivity index is 2.76. The fourth-order valence-electron chi connectivity index (χ4n) is 1.59. The van der Waals surface area contributed by atoms with Crippen LogP contribution in [0.2, 0.25) is 0 Å². The second-order valence-corrected chi connectivity index (χ2v) is 3.89. The summed E-state index contributed by atoms with van der Waals surface area (Å²) < 4.78 is 0. The molecule has 0 aromatic carbocycles. The van der Waals surface area contributed by atoms with Gasteiger partial charge in [0.2, 0.25) is 0 Å². The first-order valence-electron chi connectivity index (χ1n) is 6.00. The van der Waals surface area contributed by atoms with Gasteiger partial charge in [-0.3, -0.25) is 0 Å². The topological polar surface area (TPSA) is 0 Å². The summed E-state index contributed by atoms with van der Waals surface area (Å²) >= 11 is 0. The van der Waals surface area contributed by atoms with Gasteiger partial charge in [-0.05, 0) is 0 Å². The van der Waals surface area contributed by atoms with Crippen molar-refractivity contribution in [1.82, 2.24) is 0 Å². The molecule has 0 aromatic rings. The molecule has 0 aliphatic heterocycles. The molecule has 0 saturated heterocycles. The van der Waals surface area contributed by atoms with E-state index in [1.807, 2.05) is 0 Å². The molecule has 0 N–H and O–H groups in total. The van der Waals surface area contributed by atoms with E-state index in [4.69, 9.17) is 0 Å². The highest BCUT2D eigenvalue weighted by molar-refractivity contribution is 4.49. The second-order valence-electron chi connectivity index (χ2n) is 3.89. The van der Waals surface area contributed by atoms with Gasteiger partial charge in [-0.2, -0.15) is 12.8 Å². The second kappa shape index (κ2) is 12.0. The first-order chi connectivity index (χ1) is 6.41. The van der Waals surface area contributed by atoms with E-state index in [1.165, 1.54) is 57.8 Å². The van der Waals surface area contributed by atoms with Gasteiger partial charge in [0.25, 0.3) is 0 Å². The van der Waals surface area contributed by atoms with Gasteiger partial charge in [-0.15, -0.1) is 0 Å². The molecule has 80 valence electrons. The molecule has 0 aliphatic carbocycles. The minimum absolute atomic E-state index is 1.11. The molecular formula is C13H26-2. The Kier molecular flexibility index (Phi) is 12.0. The van der Waals surface area contributed by atoms with Gasteiger partial charge in [0, 0.05) is 0 Å². The normalized spacial score (nSPS) is 10.6. The minimum atomic E-state index is 1.11. The Hall–Kier alpha value is 0. The van der Waals surface area contributed by atoms with Crippen molar-refractivity contribution in [2.24, 2.45) is 0 Å². The van der Waals surface area contributed by atoms with Gasteiger partial charge in [0.05, 0.1) is 0 Å². The average molecular weight is 182 g/mol. The van der Waals surface area contributed by atoms with Crippen LogP contribution in [0.15, 0.2) is 0 Å². The monoisotopic (exact) mass is 182 g/mol. The highest BCUT2D eigenvalue weighted by atomic mass is 14.0. The summed E-state index contributed by atoms with van der Waals surface area (Å²) in [6.07, 6.45) is 14.8. The highest BCUT2D eigenvalue weighted by Gasteiger charge is 1.89. The quantitative estimate of drug-likeness (QED) is 0.331. The lowest BCUT2D eigenvalue weighted by atomic mass is 10.1. The zero-order valence-corrected chi connectivity index (χ0v) is 9.19. The SMILES string of the molecule is [CH2-]CCCCCCCCCCC[CH2-]. The van der Waals surface area contributed by atoms with Crippen molar-refractivity contribution in [3.05, 3.63) is 13.8 Å². The van der Waals surface area contributed by atoms with Crippen LogP contribution in [0.25, 0.3) is 0 Å². The Labute approximate surface area is 85.1 Å². The summed E-state index contributed by atoms with van der Waals surface area (Å²) in [6.45, 7) is 7.69. The summed E-state index contributed by atoms with van der Waals surface area (Å²) in [5.74, 6) is 0. The summed E-state index contributed by atoms with van der Waals surface area (Å²) in [5.41, 5.74) is 0. The average Bonchev–Trinajstić information content (AvgIpc) is 2.16. The summed E-state index contributed by atoms with van der Waals surface area (Å²) in [4.78, 5) is 0. The van der Waals surface area contributed by atoms with E-state index in [0.717, 1.165) is 12.8 Å². The third kappa shape index (κ3) is 12.0. The molecule has 0 rings (SSSR count). The summed E-state index contributed by atoms with van der Waals surface area (Å²) in [7, 11) is 0. The number of rotatable bonds is 10. The first kappa shape index (κ1) is 13.0. The molecule has 0 atom stereocenters. The van der Waals surface area contributed by atoms with Crippen LogP contribution in [0.4, 0.5) is 0 Å². The fourth-order valence-corrected chi connectivity index (χ4v) is 1.59. The third-order valence-electron chi connectivity index (χ3n) is 2.50. The zero-order chi connectivity index (χ0) is 9.78. The molecule has 0 nitrogen and oxygen atoms in total. The molecule has 0 saturated carbocycles. The lowest BCUT2D eigenvalue weighted by Crippen LogP contribution is -1.81. The number of unbranched alkanes of at least 4 members (excludes halogenated alkanes) is 10. The largest absolute Gasteiger partial charge is 0.343 e. The Morgan fingerprint density at radius 2 is 0.615 bits per heavy atom. The Bertz CT molecular complexity index is 66.1. The van der Waals surface area contributed by atoms with Crippen LogP contribution in [-0.2, 0) is 0 Å². The lowest BCUT2D eigenvalue weighted by Gasteiger charge is -2.02. The molecule has 0 unspecified atom stereocenters. The van der Waals surface area contributed by atoms with Crippen LogP contribution in [0.1, 0.15) is 70.6 Å². The molecule has 0 aliphatic rings. The molecule has 0 aromatic heterocycles. The predicted octanol–water partition coefficient (Wildman–Crippen LogP) is 4.95. The van der Waals surface area contributed by atoms with Crippen LogP contribution in [0, 0.1) is 13.8 Å². The van der Waals surface area contributed by atoms with Gasteiger partial charge in [0.15, 0.2) is 0 Å². The summed E-state index contributed by atoms with van der Waals surface area (Å²) in [5, 5.41) is 0. The van der Waals surface area contributed by atoms with Crippen molar-refractivity contribution in [2.45, 2.75) is 70.6 Å². The van der Waals surface area contributed by atoms with Crippen LogP contribution in [-0.4, -0.2) is 0 Å².